The van der Waals surface area contributed by atoms with Crippen LogP contribution >= 0.6 is 0 Å². The maximum absolute atomic E-state index is 13.5. The van der Waals surface area contributed by atoms with Gasteiger partial charge in [-0.1, -0.05) is 19.1 Å². The van der Waals surface area contributed by atoms with Crippen molar-refractivity contribution in [3.63, 3.8) is 0 Å². The van der Waals surface area contributed by atoms with Gasteiger partial charge >= 0.3 is 0 Å². The van der Waals surface area contributed by atoms with E-state index in [1.54, 1.807) is 43.4 Å². The summed E-state index contributed by atoms with van der Waals surface area (Å²) in [6.45, 7) is 2.10. The molecule has 0 aliphatic carbocycles. The Balaban J connectivity index is 0.000000383. The van der Waals surface area contributed by atoms with Crippen LogP contribution < -0.4 is 19.7 Å². The molecule has 0 saturated carbocycles. The first-order valence-corrected chi connectivity index (χ1v) is 15.5. The average Bonchev–Trinajstić information content (AvgIpc) is 3.43. The van der Waals surface area contributed by atoms with Crippen LogP contribution in [0.3, 0.4) is 0 Å². The fraction of sp³-hybridized carbons (Fsp3) is 0.182. The molecule has 5 aromatic rings. The Morgan fingerprint density at radius 2 is 1.71 bits per heavy atom. The lowest BCUT2D eigenvalue weighted by Crippen LogP contribution is -2.33. The lowest BCUT2D eigenvalue weighted by molar-refractivity contribution is 0.0875. The zero-order valence-electron chi connectivity index (χ0n) is 24.9. The summed E-state index contributed by atoms with van der Waals surface area (Å²) < 4.78 is 51.3. The second kappa shape index (κ2) is 13.3. The van der Waals surface area contributed by atoms with Gasteiger partial charge in [0.25, 0.3) is 11.8 Å². The summed E-state index contributed by atoms with van der Waals surface area (Å²) >= 11 is 0. The van der Waals surface area contributed by atoms with Crippen LogP contribution in [0.25, 0.3) is 33.6 Å². The number of anilines is 1. The van der Waals surface area contributed by atoms with E-state index in [2.05, 4.69) is 15.6 Å². The molecule has 3 heterocycles. The summed E-state index contributed by atoms with van der Waals surface area (Å²) in [7, 11) is 1.75. The first-order valence-electron chi connectivity index (χ1n) is 13.9. The molecular formula is C33H30F2N4O5S. The lowest BCUT2D eigenvalue weighted by atomic mass is 10.0. The molecule has 2 N–H and O–H groups in total. The predicted octanol–water partition coefficient (Wildman–Crippen LogP) is 5.86. The van der Waals surface area contributed by atoms with Crippen LogP contribution in [0.15, 0.2) is 77.2 Å². The minimum Gasteiger partial charge on any atom is -0.471 e. The van der Waals surface area contributed by atoms with Crippen LogP contribution in [0.2, 0.25) is 0 Å². The fourth-order valence-corrected chi connectivity index (χ4v) is 5.18. The zero-order valence-corrected chi connectivity index (χ0v) is 25.8. The highest BCUT2D eigenvalue weighted by Crippen LogP contribution is 2.41. The summed E-state index contributed by atoms with van der Waals surface area (Å²) in [4.78, 5) is 29.8. The Kier molecular flexibility index (Phi) is 9.24. The van der Waals surface area contributed by atoms with Gasteiger partial charge in [-0.15, -0.1) is 0 Å². The van der Waals surface area contributed by atoms with Gasteiger partial charge in [0.1, 0.15) is 34.0 Å². The van der Waals surface area contributed by atoms with E-state index in [1.807, 2.05) is 6.92 Å². The molecule has 1 aliphatic heterocycles. The highest BCUT2D eigenvalue weighted by atomic mass is 32.2. The van der Waals surface area contributed by atoms with Crippen LogP contribution in [-0.2, 0) is 17.4 Å². The normalized spacial score (nSPS) is 12.7. The first kappa shape index (κ1) is 31.3. The van der Waals surface area contributed by atoms with Crippen molar-refractivity contribution in [3.05, 3.63) is 101 Å². The van der Waals surface area contributed by atoms with Gasteiger partial charge in [0.2, 0.25) is 0 Å². The Bertz CT molecular complexity index is 1910. The molecule has 2 aromatic heterocycles. The molecule has 0 saturated heterocycles. The van der Waals surface area contributed by atoms with Gasteiger partial charge in [-0.3, -0.25) is 13.9 Å². The molecular weight excluding hydrogens is 602 g/mol. The van der Waals surface area contributed by atoms with Crippen molar-refractivity contribution in [2.24, 2.45) is 0 Å². The number of benzene rings is 3. The number of furan rings is 1. The largest absolute Gasteiger partial charge is 0.471 e. The predicted molar refractivity (Wildman–Crippen MR) is 169 cm³/mol. The maximum Gasteiger partial charge on any atom is 0.276 e. The van der Waals surface area contributed by atoms with E-state index in [1.165, 1.54) is 59.6 Å². The molecule has 3 aromatic carbocycles. The number of nitrogens with one attached hydrogen (secondary N) is 2. The second-order valence-corrected chi connectivity index (χ2v) is 11.4. The number of pyridine rings is 1. The Morgan fingerprint density at radius 1 is 1.04 bits per heavy atom. The van der Waals surface area contributed by atoms with E-state index in [0.29, 0.717) is 39.2 Å². The van der Waals surface area contributed by atoms with Crippen molar-refractivity contribution in [2.75, 3.05) is 31.4 Å². The number of fused-ring (bicyclic) bond motifs is 2. The van der Waals surface area contributed by atoms with Crippen LogP contribution in [0.5, 0.6) is 5.75 Å². The Morgan fingerprint density at radius 3 is 2.33 bits per heavy atom. The quantitative estimate of drug-likeness (QED) is 0.243. The number of carbonyl (C=O) groups excluding carboxylic acids is 2. The van der Waals surface area contributed by atoms with Crippen molar-refractivity contribution in [1.29, 1.82) is 0 Å². The number of aryl methyl sites for hydroxylation is 1. The molecule has 0 spiro atoms. The summed E-state index contributed by atoms with van der Waals surface area (Å²) in [5.41, 5.74) is 3.88. The zero-order chi connectivity index (χ0) is 32.2. The average molecular weight is 633 g/mol. The summed E-state index contributed by atoms with van der Waals surface area (Å²) in [6, 6.07) is 18.9. The molecule has 232 valence electrons. The number of nitrogens with zero attached hydrogens (tertiary/aromatic N) is 2. The van der Waals surface area contributed by atoms with Crippen molar-refractivity contribution < 1.29 is 31.7 Å². The van der Waals surface area contributed by atoms with Gasteiger partial charge in [-0.2, -0.15) is 0 Å². The van der Waals surface area contributed by atoms with E-state index < -0.39 is 22.7 Å². The number of hydrogen-bond acceptors (Lipinski definition) is 6. The van der Waals surface area contributed by atoms with Gasteiger partial charge in [0.05, 0.1) is 16.9 Å². The second-order valence-electron chi connectivity index (χ2n) is 10.00. The first-order chi connectivity index (χ1) is 21.6. The van der Waals surface area contributed by atoms with Crippen molar-refractivity contribution >= 4 is 39.5 Å². The third-order valence-corrected chi connectivity index (χ3v) is 8.19. The summed E-state index contributed by atoms with van der Waals surface area (Å²) in [6.07, 6.45) is 2.50. The third kappa shape index (κ3) is 6.55. The fourth-order valence-electron chi connectivity index (χ4n) is 4.75. The van der Waals surface area contributed by atoms with E-state index in [-0.39, 0.29) is 35.5 Å². The van der Waals surface area contributed by atoms with E-state index in [0.717, 1.165) is 6.42 Å². The molecule has 1 unspecified atom stereocenters. The van der Waals surface area contributed by atoms with Gasteiger partial charge in [-0.05, 0) is 66.6 Å². The Labute approximate surface area is 260 Å². The van der Waals surface area contributed by atoms with E-state index in [4.69, 9.17) is 9.15 Å². The summed E-state index contributed by atoms with van der Waals surface area (Å²) in [5, 5.41) is 5.68. The smallest absolute Gasteiger partial charge is 0.276 e. The van der Waals surface area contributed by atoms with E-state index >= 15 is 0 Å². The highest BCUT2D eigenvalue weighted by Gasteiger charge is 2.26. The molecule has 12 heteroatoms. The lowest BCUT2D eigenvalue weighted by Gasteiger charge is -2.21. The van der Waals surface area contributed by atoms with Crippen molar-refractivity contribution in [1.82, 2.24) is 15.6 Å². The monoisotopic (exact) mass is 632 g/mol. The number of carbonyl (C=O) groups is 2. The molecule has 0 radical (unpaired) electrons. The molecule has 1 aliphatic rings. The minimum absolute atomic E-state index is 0.0539. The topological polar surface area (TPSA) is 114 Å². The highest BCUT2D eigenvalue weighted by molar-refractivity contribution is 7.85. The number of rotatable bonds is 6. The molecule has 0 fully saturated rings. The number of halogens is 2. The molecule has 45 heavy (non-hydrogen) atoms. The maximum atomic E-state index is 13.5. The van der Waals surface area contributed by atoms with Crippen LogP contribution in [0.1, 0.15) is 33.3 Å². The van der Waals surface area contributed by atoms with Gasteiger partial charge in [0.15, 0.2) is 18.2 Å². The number of ether oxygens (including phenoxy) is 1. The number of hydrogen-bond donors (Lipinski definition) is 2. The third-order valence-electron chi connectivity index (χ3n) is 7.22. The van der Waals surface area contributed by atoms with Crippen LogP contribution in [-0.4, -0.2) is 48.1 Å². The molecule has 0 bridgehead atoms. The molecule has 9 nitrogen and oxygen atoms in total. The standard InChI is InChI=1S/C25H21FN4O5S.C8H9F/c1-27-24(31)21-16-10-15(17-8-9-19-22(29-17)25(32)28-12-34-19)18(30(2)36(3)33)11-20(16)35-23(21)13-4-6-14(26)7-5-13;1-2-7-3-5-8(9)6-4-7/h4-11H,12H2,1-3H3,(H,27,31)(H,28,32);3-6H,2H2,1H3. The van der Waals surface area contributed by atoms with Crippen LogP contribution in [0, 0.1) is 11.6 Å². The number of amides is 2. The number of aromatic nitrogens is 1. The molecule has 1 atom stereocenters. The van der Waals surface area contributed by atoms with E-state index in [9.17, 15) is 22.6 Å². The molecule has 6 rings (SSSR count). The minimum atomic E-state index is -1.41. The van der Waals surface area contributed by atoms with Crippen LogP contribution in [0.4, 0.5) is 14.5 Å². The van der Waals surface area contributed by atoms with Crippen molar-refractivity contribution in [2.45, 2.75) is 13.3 Å². The molecule has 2 amide bonds. The van der Waals surface area contributed by atoms with Gasteiger partial charge in [0, 0.05) is 42.9 Å². The van der Waals surface area contributed by atoms with Crippen molar-refractivity contribution in [3.8, 4) is 28.3 Å². The summed E-state index contributed by atoms with van der Waals surface area (Å²) in [5.74, 6) is -0.734. The van der Waals surface area contributed by atoms with Gasteiger partial charge in [-0.25, -0.2) is 18.0 Å². The Hall–Kier alpha value is -5.10. The SMILES string of the molecule is CCc1ccc(F)cc1.CNC(=O)c1c(-c2ccc(F)cc2)oc2cc(N(C)S(C)=O)c(-c3ccc4c(n3)C(=O)NCO4)cc12. The van der Waals surface area contributed by atoms with Gasteiger partial charge < -0.3 is 19.8 Å².